The molecule has 1 aromatic heterocycles. The van der Waals surface area contributed by atoms with Gasteiger partial charge in [-0.1, -0.05) is 12.1 Å². The van der Waals surface area contributed by atoms with Crippen molar-refractivity contribution in [2.75, 3.05) is 13.7 Å². The largest absolute Gasteiger partial charge is 0.464 e. The average molecular weight is 342 g/mol. The number of aryl methyl sites for hydroxylation is 1. The molecule has 0 spiro atoms. The zero-order valence-corrected chi connectivity index (χ0v) is 14.2. The maximum atomic E-state index is 12.2. The van der Waals surface area contributed by atoms with Gasteiger partial charge in [-0.25, -0.2) is 9.59 Å². The first-order valence-corrected chi connectivity index (χ1v) is 7.58. The van der Waals surface area contributed by atoms with Gasteiger partial charge in [-0.2, -0.15) is 5.10 Å². The van der Waals surface area contributed by atoms with E-state index >= 15 is 0 Å². The van der Waals surface area contributed by atoms with Gasteiger partial charge in [0.2, 0.25) is 0 Å². The summed E-state index contributed by atoms with van der Waals surface area (Å²) in [6.45, 7) is 2.02. The Balaban J connectivity index is 2.11. The Labute approximate surface area is 144 Å². The van der Waals surface area contributed by atoms with Crippen LogP contribution in [0.3, 0.4) is 0 Å². The molecule has 1 aromatic carbocycles. The highest BCUT2D eigenvalue weighted by Crippen LogP contribution is 2.10. The molecule has 0 unspecified atom stereocenters. The fourth-order valence-electron chi connectivity index (χ4n) is 2.08. The number of carbonyl (C=O) groups excluding carboxylic acids is 3. The van der Waals surface area contributed by atoms with E-state index in [9.17, 15) is 14.4 Å². The van der Waals surface area contributed by atoms with Gasteiger partial charge >= 0.3 is 11.9 Å². The van der Waals surface area contributed by atoms with E-state index in [0.29, 0.717) is 23.4 Å². The summed E-state index contributed by atoms with van der Waals surface area (Å²) in [6, 6.07) is 7.72. The number of allylic oxidation sites excluding steroid dienone is 1. The molecule has 0 radical (unpaired) electrons. The van der Waals surface area contributed by atoms with Crippen molar-refractivity contribution in [3.63, 3.8) is 0 Å². The Hall–Kier alpha value is -3.22. The molecule has 0 saturated carbocycles. The Kier molecular flexibility index (Phi) is 5.84. The van der Waals surface area contributed by atoms with E-state index in [1.807, 2.05) is 0 Å². The number of aromatic nitrogens is 2. The molecule has 0 bridgehead atoms. The highest BCUT2D eigenvalue weighted by molar-refractivity contribution is 6.07. The van der Waals surface area contributed by atoms with Crippen molar-refractivity contribution >= 4 is 23.8 Å². The molecule has 0 aliphatic heterocycles. The number of hydrogen-bond acceptors (Lipinski definition) is 6. The third-order valence-electron chi connectivity index (χ3n) is 3.40. The van der Waals surface area contributed by atoms with E-state index in [1.54, 1.807) is 44.3 Å². The van der Waals surface area contributed by atoms with Crippen LogP contribution in [0.2, 0.25) is 0 Å². The minimum Gasteiger partial charge on any atom is -0.464 e. The fraction of sp³-hybridized carbons (Fsp3) is 0.222. The first kappa shape index (κ1) is 18.1. The molecule has 0 N–H and O–H groups in total. The van der Waals surface area contributed by atoms with Gasteiger partial charge in [0.1, 0.15) is 0 Å². The summed E-state index contributed by atoms with van der Waals surface area (Å²) in [5.74, 6) is -1.21. The molecule has 130 valence electrons. The minimum absolute atomic E-state index is 0.163. The van der Waals surface area contributed by atoms with E-state index in [2.05, 4.69) is 9.84 Å². The van der Waals surface area contributed by atoms with Gasteiger partial charge in [-0.3, -0.25) is 9.48 Å². The molecule has 0 fully saturated rings. The van der Waals surface area contributed by atoms with E-state index < -0.39 is 11.9 Å². The van der Waals surface area contributed by atoms with Crippen molar-refractivity contribution in [2.45, 2.75) is 6.92 Å². The van der Waals surface area contributed by atoms with Crippen molar-refractivity contribution in [3.05, 3.63) is 58.9 Å². The molecular formula is C18H18N2O5. The van der Waals surface area contributed by atoms with Gasteiger partial charge in [-0.15, -0.1) is 0 Å². The second kappa shape index (κ2) is 8.05. The van der Waals surface area contributed by atoms with Gasteiger partial charge in [0.15, 0.2) is 11.5 Å². The maximum Gasteiger partial charge on any atom is 0.358 e. The number of rotatable bonds is 6. The van der Waals surface area contributed by atoms with Crippen LogP contribution in [0.15, 0.2) is 36.4 Å². The Morgan fingerprint density at radius 1 is 1.12 bits per heavy atom. The predicted octanol–water partition coefficient (Wildman–Crippen LogP) is 2.28. The normalized spacial score (nSPS) is 10.7. The molecule has 0 amide bonds. The lowest BCUT2D eigenvalue weighted by atomic mass is 10.1. The summed E-state index contributed by atoms with van der Waals surface area (Å²) < 4.78 is 11.0. The van der Waals surface area contributed by atoms with Crippen LogP contribution in [0.25, 0.3) is 6.08 Å². The lowest BCUT2D eigenvalue weighted by Gasteiger charge is -2.02. The van der Waals surface area contributed by atoms with Crippen LogP contribution >= 0.6 is 0 Å². The zero-order chi connectivity index (χ0) is 18.4. The number of hydrogen-bond donors (Lipinski definition) is 0. The number of ether oxygens (including phenoxy) is 2. The summed E-state index contributed by atoms with van der Waals surface area (Å²) in [5, 5.41) is 4.01. The third kappa shape index (κ3) is 4.41. The van der Waals surface area contributed by atoms with Crippen molar-refractivity contribution in [1.29, 1.82) is 0 Å². The topological polar surface area (TPSA) is 87.5 Å². The second-order valence-corrected chi connectivity index (χ2v) is 5.07. The van der Waals surface area contributed by atoms with Crippen LogP contribution < -0.4 is 0 Å². The summed E-state index contributed by atoms with van der Waals surface area (Å²) in [7, 11) is 2.93. The van der Waals surface area contributed by atoms with Crippen LogP contribution in [0.4, 0.5) is 0 Å². The van der Waals surface area contributed by atoms with Crippen LogP contribution in [-0.4, -0.2) is 41.2 Å². The van der Waals surface area contributed by atoms with Crippen LogP contribution in [0, 0.1) is 0 Å². The van der Waals surface area contributed by atoms with E-state index in [1.165, 1.54) is 23.9 Å². The van der Waals surface area contributed by atoms with Crippen molar-refractivity contribution in [1.82, 2.24) is 9.78 Å². The molecular weight excluding hydrogens is 324 g/mol. The summed E-state index contributed by atoms with van der Waals surface area (Å²) in [6.07, 6.45) is 2.93. The number of ketones is 1. The molecule has 7 nitrogen and oxygen atoms in total. The Morgan fingerprint density at radius 2 is 1.76 bits per heavy atom. The Morgan fingerprint density at radius 3 is 2.36 bits per heavy atom. The third-order valence-corrected chi connectivity index (χ3v) is 3.40. The Bertz CT molecular complexity index is 818. The number of carbonyl (C=O) groups is 3. The number of esters is 2. The first-order valence-electron chi connectivity index (χ1n) is 7.58. The van der Waals surface area contributed by atoms with Gasteiger partial charge in [0, 0.05) is 12.6 Å². The molecule has 7 heteroatoms. The molecule has 0 aliphatic rings. The first-order chi connectivity index (χ1) is 12.0. The van der Waals surface area contributed by atoms with E-state index in [0.717, 1.165) is 0 Å². The summed E-state index contributed by atoms with van der Waals surface area (Å²) >= 11 is 0. The standard InChI is InChI=1S/C18H18N2O5/c1-4-25-17(22)13-7-5-12(6-8-13)16(21)10-9-14-11-15(18(23)24-3)19-20(14)2/h5-11H,4H2,1-3H3/b10-9+. The van der Waals surface area contributed by atoms with Gasteiger partial charge in [0.05, 0.1) is 25.0 Å². The molecule has 0 aliphatic carbocycles. The minimum atomic E-state index is -0.545. The molecule has 2 rings (SSSR count). The van der Waals surface area contributed by atoms with Crippen molar-refractivity contribution < 1.29 is 23.9 Å². The van der Waals surface area contributed by atoms with Crippen molar-refractivity contribution in [3.8, 4) is 0 Å². The number of nitrogens with zero attached hydrogens (tertiary/aromatic N) is 2. The molecule has 0 saturated heterocycles. The van der Waals surface area contributed by atoms with Crippen LogP contribution in [0.1, 0.15) is 43.8 Å². The SMILES string of the molecule is CCOC(=O)c1ccc(C(=O)/C=C/c2cc(C(=O)OC)nn2C)cc1. The van der Waals surface area contributed by atoms with Gasteiger partial charge < -0.3 is 9.47 Å². The molecule has 2 aromatic rings. The molecule has 25 heavy (non-hydrogen) atoms. The van der Waals surface area contributed by atoms with Gasteiger partial charge in [-0.05, 0) is 37.3 Å². The predicted molar refractivity (Wildman–Crippen MR) is 90.3 cm³/mol. The lowest BCUT2D eigenvalue weighted by molar-refractivity contribution is 0.0525. The molecule has 1 heterocycles. The van der Waals surface area contributed by atoms with Gasteiger partial charge in [0.25, 0.3) is 0 Å². The quantitative estimate of drug-likeness (QED) is 0.455. The summed E-state index contributed by atoms with van der Waals surface area (Å²) in [5.41, 5.74) is 1.56. The van der Waals surface area contributed by atoms with Crippen molar-refractivity contribution in [2.24, 2.45) is 7.05 Å². The molecule has 0 atom stereocenters. The second-order valence-electron chi connectivity index (χ2n) is 5.07. The number of benzene rings is 1. The monoisotopic (exact) mass is 342 g/mol. The van der Waals surface area contributed by atoms with Crippen LogP contribution in [-0.2, 0) is 16.5 Å². The highest BCUT2D eigenvalue weighted by atomic mass is 16.5. The lowest BCUT2D eigenvalue weighted by Crippen LogP contribution is -2.05. The van der Waals surface area contributed by atoms with Crippen LogP contribution in [0.5, 0.6) is 0 Å². The zero-order valence-electron chi connectivity index (χ0n) is 14.2. The fourth-order valence-corrected chi connectivity index (χ4v) is 2.08. The smallest absolute Gasteiger partial charge is 0.358 e. The van der Waals surface area contributed by atoms with E-state index in [-0.39, 0.29) is 11.5 Å². The summed E-state index contributed by atoms with van der Waals surface area (Å²) in [4.78, 5) is 35.2. The average Bonchev–Trinajstić information content (AvgIpc) is 3.00. The maximum absolute atomic E-state index is 12.2. The highest BCUT2D eigenvalue weighted by Gasteiger charge is 2.12. The van der Waals surface area contributed by atoms with E-state index in [4.69, 9.17) is 4.74 Å². The number of methoxy groups -OCH3 is 1.